The van der Waals surface area contributed by atoms with Crippen molar-refractivity contribution in [1.29, 1.82) is 5.26 Å². The molecule has 0 aliphatic carbocycles. The van der Waals surface area contributed by atoms with Gasteiger partial charge >= 0.3 is 0 Å². The van der Waals surface area contributed by atoms with Gasteiger partial charge in [0.05, 0.1) is 11.6 Å². The fraction of sp³-hybridized carbons (Fsp3) is 0.0455. The van der Waals surface area contributed by atoms with Crippen LogP contribution in [0.25, 0.3) is 11.6 Å². The average Bonchev–Trinajstić information content (AvgIpc) is 2.67. The average molecular weight is 426 g/mol. The highest BCUT2D eigenvalue weighted by Crippen LogP contribution is 2.29. The van der Waals surface area contributed by atoms with Crippen LogP contribution in [0, 0.1) is 23.0 Å². The fourth-order valence-electron chi connectivity index (χ4n) is 2.54. The SMILES string of the molecule is N#C/C(=C/c1cc(Br)ccc1OCc1ccccc1F)c1ccccc1F. The maximum Gasteiger partial charge on any atom is 0.131 e. The molecule has 0 unspecified atom stereocenters. The van der Waals surface area contributed by atoms with Crippen molar-refractivity contribution in [3.8, 4) is 11.8 Å². The Hall–Kier alpha value is -2.97. The molecule has 0 amide bonds. The van der Waals surface area contributed by atoms with E-state index in [0.717, 1.165) is 4.47 Å². The van der Waals surface area contributed by atoms with Gasteiger partial charge in [-0.25, -0.2) is 8.78 Å². The number of rotatable bonds is 5. The molecule has 0 spiro atoms. The largest absolute Gasteiger partial charge is 0.488 e. The predicted molar refractivity (Wildman–Crippen MR) is 105 cm³/mol. The third kappa shape index (κ3) is 4.60. The summed E-state index contributed by atoms with van der Waals surface area (Å²) in [7, 11) is 0. The number of benzene rings is 3. The highest BCUT2D eigenvalue weighted by atomic mass is 79.9. The molecule has 0 radical (unpaired) electrons. The smallest absolute Gasteiger partial charge is 0.131 e. The summed E-state index contributed by atoms with van der Waals surface area (Å²) in [4.78, 5) is 0. The van der Waals surface area contributed by atoms with E-state index >= 15 is 0 Å². The van der Waals surface area contributed by atoms with Crippen molar-refractivity contribution in [2.75, 3.05) is 0 Å². The van der Waals surface area contributed by atoms with Gasteiger partial charge in [0.1, 0.15) is 24.0 Å². The minimum atomic E-state index is -0.478. The first kappa shape index (κ1) is 18.8. The van der Waals surface area contributed by atoms with Crippen LogP contribution in [0.5, 0.6) is 5.75 Å². The predicted octanol–water partition coefficient (Wildman–Crippen LogP) is 6.37. The summed E-state index contributed by atoms with van der Waals surface area (Å²) in [6, 6.07) is 19.7. The first-order valence-electron chi connectivity index (χ1n) is 8.11. The van der Waals surface area contributed by atoms with Gasteiger partial charge in [-0.05, 0) is 36.4 Å². The molecule has 0 saturated heterocycles. The number of hydrogen-bond acceptors (Lipinski definition) is 2. The normalized spacial score (nSPS) is 11.1. The van der Waals surface area contributed by atoms with Crippen molar-refractivity contribution in [3.05, 3.63) is 99.5 Å². The zero-order valence-corrected chi connectivity index (χ0v) is 15.7. The van der Waals surface area contributed by atoms with Crippen LogP contribution in [0.3, 0.4) is 0 Å². The molecule has 0 saturated carbocycles. The molecule has 0 atom stereocenters. The summed E-state index contributed by atoms with van der Waals surface area (Å²) in [5.74, 6) is -0.365. The first-order chi connectivity index (χ1) is 13.1. The Morgan fingerprint density at radius 2 is 1.70 bits per heavy atom. The van der Waals surface area contributed by atoms with Gasteiger partial charge in [0.15, 0.2) is 0 Å². The van der Waals surface area contributed by atoms with Crippen LogP contribution < -0.4 is 4.74 Å². The Labute approximate surface area is 164 Å². The van der Waals surface area contributed by atoms with Crippen molar-refractivity contribution in [2.24, 2.45) is 0 Å². The molecule has 3 rings (SSSR count). The van der Waals surface area contributed by atoms with Crippen molar-refractivity contribution in [2.45, 2.75) is 6.61 Å². The van der Waals surface area contributed by atoms with Gasteiger partial charge in [0.2, 0.25) is 0 Å². The van der Waals surface area contributed by atoms with Crippen LogP contribution in [0.2, 0.25) is 0 Å². The van der Waals surface area contributed by atoms with E-state index in [-0.39, 0.29) is 23.6 Å². The Morgan fingerprint density at radius 3 is 2.41 bits per heavy atom. The standard InChI is InChI=1S/C22H14BrF2NO/c23-18-9-10-22(27-14-15-5-1-3-7-20(15)24)16(12-18)11-17(13-26)19-6-2-4-8-21(19)25/h1-12H,14H2/b17-11-. The molecule has 0 heterocycles. The van der Waals surface area contributed by atoms with Gasteiger partial charge in [-0.1, -0.05) is 52.3 Å². The Bertz CT molecular complexity index is 1040. The maximum absolute atomic E-state index is 14.0. The van der Waals surface area contributed by atoms with Crippen molar-refractivity contribution >= 4 is 27.6 Å². The van der Waals surface area contributed by atoms with Crippen molar-refractivity contribution in [3.63, 3.8) is 0 Å². The first-order valence-corrected chi connectivity index (χ1v) is 8.90. The van der Waals surface area contributed by atoms with Crippen LogP contribution in [-0.2, 0) is 6.61 Å². The van der Waals surface area contributed by atoms with E-state index in [9.17, 15) is 14.0 Å². The second kappa shape index (κ2) is 8.61. The lowest BCUT2D eigenvalue weighted by atomic mass is 10.0. The lowest BCUT2D eigenvalue weighted by Gasteiger charge is -2.11. The van der Waals surface area contributed by atoms with Crippen LogP contribution >= 0.6 is 15.9 Å². The molecule has 0 aliphatic rings. The molecule has 0 aromatic heterocycles. The van der Waals surface area contributed by atoms with Crippen LogP contribution in [0.4, 0.5) is 8.78 Å². The van der Waals surface area contributed by atoms with E-state index in [1.165, 1.54) is 12.1 Å². The number of halogens is 3. The third-order valence-corrected chi connectivity index (χ3v) is 4.39. The fourth-order valence-corrected chi connectivity index (χ4v) is 2.92. The van der Waals surface area contributed by atoms with Gasteiger partial charge in [-0.15, -0.1) is 0 Å². The molecule has 0 N–H and O–H groups in total. The van der Waals surface area contributed by atoms with E-state index in [2.05, 4.69) is 15.9 Å². The Balaban J connectivity index is 1.95. The number of allylic oxidation sites excluding steroid dienone is 1. The van der Waals surface area contributed by atoms with Crippen LogP contribution in [0.1, 0.15) is 16.7 Å². The van der Waals surface area contributed by atoms with Crippen molar-refractivity contribution < 1.29 is 13.5 Å². The monoisotopic (exact) mass is 425 g/mol. The molecule has 3 aromatic rings. The molecular weight excluding hydrogens is 412 g/mol. The van der Waals surface area contributed by atoms with E-state index in [0.29, 0.717) is 16.9 Å². The van der Waals surface area contributed by atoms with Crippen LogP contribution in [-0.4, -0.2) is 0 Å². The number of hydrogen-bond donors (Lipinski definition) is 0. The Kier molecular flexibility index (Phi) is 6.00. The quantitative estimate of drug-likeness (QED) is 0.351. The summed E-state index contributed by atoms with van der Waals surface area (Å²) in [5.41, 5.74) is 1.38. The summed E-state index contributed by atoms with van der Waals surface area (Å²) in [6.45, 7) is 0.0384. The maximum atomic E-state index is 14.0. The third-order valence-electron chi connectivity index (χ3n) is 3.90. The molecule has 3 aromatic carbocycles. The number of ether oxygens (including phenoxy) is 1. The number of nitriles is 1. The molecule has 0 aliphatic heterocycles. The van der Waals surface area contributed by atoms with Gasteiger partial charge < -0.3 is 4.74 Å². The van der Waals surface area contributed by atoms with Gasteiger partial charge in [-0.3, -0.25) is 0 Å². The van der Waals surface area contributed by atoms with E-state index in [1.807, 2.05) is 6.07 Å². The molecule has 0 fully saturated rings. The molecule has 134 valence electrons. The minimum absolute atomic E-state index is 0.0384. The summed E-state index contributed by atoms with van der Waals surface area (Å²) < 4.78 is 34.4. The van der Waals surface area contributed by atoms with Gasteiger partial charge in [0.25, 0.3) is 0 Å². The second-order valence-electron chi connectivity index (χ2n) is 5.71. The topological polar surface area (TPSA) is 33.0 Å². The van der Waals surface area contributed by atoms with E-state index in [1.54, 1.807) is 60.7 Å². The lowest BCUT2D eigenvalue weighted by Crippen LogP contribution is -1.99. The zero-order chi connectivity index (χ0) is 19.2. The molecule has 2 nitrogen and oxygen atoms in total. The molecule has 27 heavy (non-hydrogen) atoms. The highest BCUT2D eigenvalue weighted by Gasteiger charge is 2.10. The Morgan fingerprint density at radius 1 is 1.00 bits per heavy atom. The second-order valence-corrected chi connectivity index (χ2v) is 6.63. The summed E-state index contributed by atoms with van der Waals surface area (Å²) >= 11 is 3.38. The van der Waals surface area contributed by atoms with Crippen molar-refractivity contribution in [1.82, 2.24) is 0 Å². The van der Waals surface area contributed by atoms with Gasteiger partial charge in [0, 0.05) is 21.2 Å². The summed E-state index contributed by atoms with van der Waals surface area (Å²) in [6.07, 6.45) is 1.56. The van der Waals surface area contributed by atoms with Crippen LogP contribution in [0.15, 0.2) is 71.2 Å². The highest BCUT2D eigenvalue weighted by molar-refractivity contribution is 9.10. The van der Waals surface area contributed by atoms with E-state index < -0.39 is 5.82 Å². The molecular formula is C22H14BrF2NO. The molecule has 5 heteroatoms. The van der Waals surface area contributed by atoms with Gasteiger partial charge in [-0.2, -0.15) is 5.26 Å². The molecule has 0 bridgehead atoms. The lowest BCUT2D eigenvalue weighted by molar-refractivity contribution is 0.299. The van der Waals surface area contributed by atoms with E-state index in [4.69, 9.17) is 4.74 Å². The number of nitrogens with zero attached hydrogens (tertiary/aromatic N) is 1. The summed E-state index contributed by atoms with van der Waals surface area (Å²) in [5, 5.41) is 9.48. The zero-order valence-electron chi connectivity index (χ0n) is 14.1. The minimum Gasteiger partial charge on any atom is -0.488 e.